The van der Waals surface area contributed by atoms with E-state index in [0.29, 0.717) is 24.0 Å². The lowest BCUT2D eigenvalue weighted by Gasteiger charge is -2.36. The normalized spacial score (nSPS) is 22.6. The Kier molecular flexibility index (Phi) is 6.15. The summed E-state index contributed by atoms with van der Waals surface area (Å²) in [7, 11) is -11.7. The topological polar surface area (TPSA) is 96.0 Å². The average molecular weight is 546 g/mol. The maximum atomic E-state index is 12.7. The number of benzene rings is 2. The second-order valence-electron chi connectivity index (χ2n) is 7.97. The Balaban J connectivity index is 1.59. The van der Waals surface area contributed by atoms with Gasteiger partial charge < -0.3 is 13.1 Å². The molecule has 1 saturated carbocycles. The molecule has 0 N–H and O–H groups in total. The first-order valence-electron chi connectivity index (χ1n) is 10.0. The molecule has 4 rings (SSSR count). The molecule has 1 aliphatic carbocycles. The van der Waals surface area contributed by atoms with E-state index in [-0.39, 0.29) is 17.6 Å². The summed E-state index contributed by atoms with van der Waals surface area (Å²) < 4.78 is 135. The first-order valence-corrected chi connectivity index (χ1v) is 12.8. The standard InChI is InChI=1S/C20H16F6O7S2/c21-19(22,23)34(27,28)32-12-6-4-11(5-7-12)18-15-3-1-2-14(15)16-10-13(8-9-17(16)31-18)33-35(29,30)20(24,25)26/h4-10,14-15,18H,1-3H2/t14-,15+,18+/m0/s1. The number of ether oxygens (including phenoxy) is 1. The van der Waals surface area contributed by atoms with Gasteiger partial charge in [-0.25, -0.2) is 0 Å². The van der Waals surface area contributed by atoms with Crippen LogP contribution in [0.3, 0.4) is 0 Å². The Morgan fingerprint density at radius 1 is 0.771 bits per heavy atom. The number of hydrogen-bond acceptors (Lipinski definition) is 7. The number of rotatable bonds is 5. The van der Waals surface area contributed by atoms with Crippen molar-refractivity contribution in [3.63, 3.8) is 0 Å². The van der Waals surface area contributed by atoms with Gasteiger partial charge in [0, 0.05) is 11.5 Å². The molecule has 192 valence electrons. The number of alkyl halides is 6. The zero-order valence-electron chi connectivity index (χ0n) is 17.3. The van der Waals surface area contributed by atoms with Gasteiger partial charge >= 0.3 is 31.3 Å². The summed E-state index contributed by atoms with van der Waals surface area (Å²) in [6.07, 6.45) is 1.44. The molecule has 0 bridgehead atoms. The monoisotopic (exact) mass is 546 g/mol. The first kappa shape index (κ1) is 25.4. The quantitative estimate of drug-likeness (QED) is 0.290. The van der Waals surface area contributed by atoms with Crippen LogP contribution < -0.4 is 13.1 Å². The maximum absolute atomic E-state index is 12.7. The minimum atomic E-state index is -5.85. The molecule has 1 fully saturated rings. The molecule has 2 aromatic rings. The Hall–Kier alpha value is -2.68. The van der Waals surface area contributed by atoms with Gasteiger partial charge in [-0.2, -0.15) is 43.2 Å². The van der Waals surface area contributed by atoms with Crippen LogP contribution in [-0.4, -0.2) is 27.9 Å². The van der Waals surface area contributed by atoms with Gasteiger partial charge in [0.05, 0.1) is 0 Å². The Labute approximate surface area is 195 Å². The molecule has 0 amide bonds. The summed E-state index contributed by atoms with van der Waals surface area (Å²) in [4.78, 5) is 0. The van der Waals surface area contributed by atoms with Gasteiger partial charge in [0.25, 0.3) is 0 Å². The fourth-order valence-corrected chi connectivity index (χ4v) is 5.22. The van der Waals surface area contributed by atoms with Crippen LogP contribution in [-0.2, 0) is 20.2 Å². The summed E-state index contributed by atoms with van der Waals surface area (Å²) in [5, 5.41) is 0. The highest BCUT2D eigenvalue weighted by atomic mass is 32.2. The predicted molar refractivity (Wildman–Crippen MR) is 108 cm³/mol. The Morgan fingerprint density at radius 2 is 1.31 bits per heavy atom. The van der Waals surface area contributed by atoms with Crippen molar-refractivity contribution in [2.24, 2.45) is 5.92 Å². The van der Waals surface area contributed by atoms with Crippen molar-refractivity contribution in [2.75, 3.05) is 0 Å². The van der Waals surface area contributed by atoms with Crippen molar-refractivity contribution in [1.29, 1.82) is 0 Å². The van der Waals surface area contributed by atoms with Crippen molar-refractivity contribution in [1.82, 2.24) is 0 Å². The first-order chi connectivity index (χ1) is 16.1. The highest BCUT2D eigenvalue weighted by Gasteiger charge is 2.50. The van der Waals surface area contributed by atoms with Gasteiger partial charge in [0.1, 0.15) is 23.4 Å². The van der Waals surface area contributed by atoms with Crippen LogP contribution in [0.4, 0.5) is 26.3 Å². The minimum absolute atomic E-state index is 0.178. The van der Waals surface area contributed by atoms with E-state index in [9.17, 15) is 43.2 Å². The number of halogens is 6. The summed E-state index contributed by atoms with van der Waals surface area (Å²) in [5.41, 5.74) is -10.2. The molecule has 0 unspecified atom stereocenters. The van der Waals surface area contributed by atoms with E-state index < -0.39 is 48.9 Å². The van der Waals surface area contributed by atoms with E-state index >= 15 is 0 Å². The molecule has 0 saturated heterocycles. The molecule has 2 aliphatic rings. The summed E-state index contributed by atoms with van der Waals surface area (Å²) in [5.74, 6) is -1.15. The van der Waals surface area contributed by atoms with Crippen molar-refractivity contribution >= 4 is 20.2 Å². The largest absolute Gasteiger partial charge is 0.534 e. The lowest BCUT2D eigenvalue weighted by atomic mass is 9.80. The Morgan fingerprint density at radius 3 is 1.89 bits per heavy atom. The van der Waals surface area contributed by atoms with E-state index in [2.05, 4.69) is 8.37 Å². The van der Waals surface area contributed by atoms with Crippen LogP contribution in [0.2, 0.25) is 0 Å². The van der Waals surface area contributed by atoms with E-state index in [0.717, 1.165) is 24.6 Å². The van der Waals surface area contributed by atoms with E-state index in [1.54, 1.807) is 0 Å². The Bertz CT molecular complexity index is 1320. The molecule has 3 atom stereocenters. The van der Waals surface area contributed by atoms with Gasteiger partial charge in [-0.3, -0.25) is 0 Å². The molecular formula is C20H16F6O7S2. The molecule has 1 heterocycles. The van der Waals surface area contributed by atoms with Crippen LogP contribution in [0.15, 0.2) is 42.5 Å². The summed E-state index contributed by atoms with van der Waals surface area (Å²) in [6, 6.07) is 8.33. The minimum Gasteiger partial charge on any atom is -0.485 e. The van der Waals surface area contributed by atoms with Crippen molar-refractivity contribution in [2.45, 2.75) is 42.3 Å². The SMILES string of the molecule is O=S(=O)(Oc1ccc([C@H]2Oc3ccc(OS(=O)(=O)C(F)(F)F)cc3[C@H]3CCC[C@H]32)cc1)C(F)(F)F. The molecule has 7 nitrogen and oxygen atoms in total. The zero-order chi connectivity index (χ0) is 25.8. The zero-order valence-corrected chi connectivity index (χ0v) is 19.0. The fourth-order valence-electron chi connectivity index (χ4n) is 4.31. The third-order valence-corrected chi connectivity index (χ3v) is 7.74. The second kappa shape index (κ2) is 8.47. The van der Waals surface area contributed by atoms with Crippen LogP contribution in [0.5, 0.6) is 17.2 Å². The second-order valence-corrected chi connectivity index (χ2v) is 11.1. The number of fused-ring (bicyclic) bond motifs is 3. The lowest BCUT2D eigenvalue weighted by Crippen LogP contribution is -2.29. The third-order valence-electron chi connectivity index (χ3n) is 5.78. The predicted octanol–water partition coefficient (Wildman–Crippen LogP) is 5.16. The molecule has 15 heteroatoms. The highest BCUT2D eigenvalue weighted by Crippen LogP contribution is 2.54. The molecular weight excluding hydrogens is 530 g/mol. The highest BCUT2D eigenvalue weighted by molar-refractivity contribution is 7.88. The van der Waals surface area contributed by atoms with E-state index in [1.165, 1.54) is 24.3 Å². The third kappa shape index (κ3) is 4.87. The van der Waals surface area contributed by atoms with Gasteiger partial charge in [0.15, 0.2) is 0 Å². The van der Waals surface area contributed by atoms with Crippen LogP contribution in [0, 0.1) is 5.92 Å². The molecule has 35 heavy (non-hydrogen) atoms. The van der Waals surface area contributed by atoms with Gasteiger partial charge in [0.2, 0.25) is 0 Å². The van der Waals surface area contributed by atoms with Crippen LogP contribution >= 0.6 is 0 Å². The fraction of sp³-hybridized carbons (Fsp3) is 0.400. The molecule has 0 aromatic heterocycles. The van der Waals surface area contributed by atoms with Gasteiger partial charge in [-0.15, -0.1) is 0 Å². The van der Waals surface area contributed by atoms with Crippen LogP contribution in [0.1, 0.15) is 42.4 Å². The summed E-state index contributed by atoms with van der Waals surface area (Å²) >= 11 is 0. The van der Waals surface area contributed by atoms with Crippen molar-refractivity contribution in [3.8, 4) is 17.2 Å². The van der Waals surface area contributed by atoms with Crippen molar-refractivity contribution in [3.05, 3.63) is 53.6 Å². The van der Waals surface area contributed by atoms with Gasteiger partial charge in [-0.05, 0) is 54.7 Å². The molecule has 0 radical (unpaired) electrons. The lowest BCUT2D eigenvalue weighted by molar-refractivity contribution is -0.0504. The summed E-state index contributed by atoms with van der Waals surface area (Å²) in [6.45, 7) is 0. The van der Waals surface area contributed by atoms with E-state index in [1.807, 2.05) is 0 Å². The number of hydrogen-bond donors (Lipinski definition) is 0. The molecule has 0 spiro atoms. The maximum Gasteiger partial charge on any atom is 0.534 e. The molecule has 1 aliphatic heterocycles. The van der Waals surface area contributed by atoms with E-state index in [4.69, 9.17) is 4.74 Å². The van der Waals surface area contributed by atoms with Crippen LogP contribution in [0.25, 0.3) is 0 Å². The smallest absolute Gasteiger partial charge is 0.485 e. The average Bonchev–Trinajstić information content (AvgIpc) is 3.22. The van der Waals surface area contributed by atoms with Crippen molar-refractivity contribution < 1.29 is 56.3 Å². The van der Waals surface area contributed by atoms with Gasteiger partial charge in [-0.1, -0.05) is 18.6 Å². The molecule has 2 aromatic carbocycles.